The van der Waals surface area contributed by atoms with E-state index in [1.54, 1.807) is 17.1 Å². The lowest BCUT2D eigenvalue weighted by molar-refractivity contribution is 0.624. The van der Waals surface area contributed by atoms with Crippen molar-refractivity contribution in [2.75, 3.05) is 16.9 Å². The van der Waals surface area contributed by atoms with Crippen LogP contribution in [0.5, 0.6) is 0 Å². The van der Waals surface area contributed by atoms with Gasteiger partial charge in [0.15, 0.2) is 0 Å². The van der Waals surface area contributed by atoms with Gasteiger partial charge in [0.1, 0.15) is 0 Å². The average Bonchev–Trinajstić information content (AvgIpc) is 3.08. The third-order valence-electron chi connectivity index (χ3n) is 3.49. The van der Waals surface area contributed by atoms with E-state index in [9.17, 15) is 0 Å². The Bertz CT molecular complexity index is 581. The molecule has 0 amide bonds. The fourth-order valence-corrected chi connectivity index (χ4v) is 2.62. The molecule has 0 aromatic carbocycles. The lowest BCUT2D eigenvalue weighted by atomic mass is 10.1. The zero-order valence-electron chi connectivity index (χ0n) is 11.6. The predicted octanol–water partition coefficient (Wildman–Crippen LogP) is 0.578. The summed E-state index contributed by atoms with van der Waals surface area (Å²) in [4.78, 5) is 15.3. The molecule has 1 aliphatic rings. The Balaban J connectivity index is 2.00. The second-order valence-corrected chi connectivity index (χ2v) is 5.20. The standard InChI is InChI=1S/C12H18N8/c1-8-6-9(2)19(7-8)11-15-10(18-13)16-12(17-11)20-5-3-4-14-20/h3-5,8-9H,6-7,13H2,1-2H3,(H,15,16,17,18). The van der Waals surface area contributed by atoms with Crippen molar-refractivity contribution in [1.29, 1.82) is 0 Å². The maximum absolute atomic E-state index is 5.45. The Hall–Kier alpha value is -2.22. The van der Waals surface area contributed by atoms with Crippen molar-refractivity contribution in [1.82, 2.24) is 24.7 Å². The second-order valence-electron chi connectivity index (χ2n) is 5.20. The number of hydrogen-bond donors (Lipinski definition) is 2. The highest BCUT2D eigenvalue weighted by molar-refractivity contribution is 5.41. The van der Waals surface area contributed by atoms with Crippen molar-refractivity contribution in [2.24, 2.45) is 11.8 Å². The van der Waals surface area contributed by atoms with Crippen LogP contribution in [0, 0.1) is 5.92 Å². The number of nitrogens with zero attached hydrogens (tertiary/aromatic N) is 6. The topological polar surface area (TPSA) is 97.8 Å². The third-order valence-corrected chi connectivity index (χ3v) is 3.49. The first kappa shape index (κ1) is 12.8. The van der Waals surface area contributed by atoms with Crippen molar-refractivity contribution < 1.29 is 0 Å². The summed E-state index contributed by atoms with van der Waals surface area (Å²) in [6.07, 6.45) is 4.60. The molecule has 1 fully saturated rings. The quantitative estimate of drug-likeness (QED) is 0.624. The van der Waals surface area contributed by atoms with E-state index < -0.39 is 0 Å². The highest BCUT2D eigenvalue weighted by atomic mass is 15.4. The number of rotatable bonds is 3. The summed E-state index contributed by atoms with van der Waals surface area (Å²) in [6.45, 7) is 5.35. The Labute approximate surface area is 117 Å². The van der Waals surface area contributed by atoms with Crippen molar-refractivity contribution in [3.05, 3.63) is 18.5 Å². The van der Waals surface area contributed by atoms with E-state index in [1.807, 2.05) is 6.07 Å². The van der Waals surface area contributed by atoms with Crippen LogP contribution in [-0.2, 0) is 0 Å². The summed E-state index contributed by atoms with van der Waals surface area (Å²) in [6, 6.07) is 2.23. The van der Waals surface area contributed by atoms with E-state index in [-0.39, 0.29) is 0 Å². The molecule has 2 aromatic rings. The number of aromatic nitrogens is 5. The summed E-state index contributed by atoms with van der Waals surface area (Å²) < 4.78 is 1.59. The molecule has 2 atom stereocenters. The molecule has 20 heavy (non-hydrogen) atoms. The molecule has 8 nitrogen and oxygen atoms in total. The van der Waals surface area contributed by atoms with E-state index in [1.165, 1.54) is 0 Å². The van der Waals surface area contributed by atoms with Gasteiger partial charge in [0.25, 0.3) is 5.95 Å². The number of hydrogen-bond acceptors (Lipinski definition) is 7. The van der Waals surface area contributed by atoms with Gasteiger partial charge in [0.2, 0.25) is 11.9 Å². The van der Waals surface area contributed by atoms with E-state index in [0.29, 0.717) is 29.8 Å². The molecule has 2 aromatic heterocycles. The molecule has 1 saturated heterocycles. The Morgan fingerprint density at radius 1 is 1.25 bits per heavy atom. The van der Waals surface area contributed by atoms with Crippen LogP contribution in [0.25, 0.3) is 5.95 Å². The number of nitrogens with one attached hydrogen (secondary N) is 1. The molecule has 3 N–H and O–H groups in total. The third kappa shape index (κ3) is 2.29. The fourth-order valence-electron chi connectivity index (χ4n) is 2.62. The maximum Gasteiger partial charge on any atom is 0.257 e. The van der Waals surface area contributed by atoms with Gasteiger partial charge >= 0.3 is 0 Å². The smallest absolute Gasteiger partial charge is 0.257 e. The van der Waals surface area contributed by atoms with Crippen molar-refractivity contribution in [3.63, 3.8) is 0 Å². The Morgan fingerprint density at radius 2 is 2.05 bits per heavy atom. The van der Waals surface area contributed by atoms with Crippen LogP contribution in [0.15, 0.2) is 18.5 Å². The molecule has 2 unspecified atom stereocenters. The molecule has 106 valence electrons. The Kier molecular flexibility index (Phi) is 3.23. The minimum atomic E-state index is 0.340. The van der Waals surface area contributed by atoms with Gasteiger partial charge in [-0.25, -0.2) is 10.5 Å². The van der Waals surface area contributed by atoms with Crippen molar-refractivity contribution in [2.45, 2.75) is 26.3 Å². The van der Waals surface area contributed by atoms with Crippen LogP contribution in [-0.4, -0.2) is 37.3 Å². The summed E-state index contributed by atoms with van der Waals surface area (Å²) in [5, 5.41) is 4.14. The minimum Gasteiger partial charge on any atom is -0.338 e. The molecule has 0 saturated carbocycles. The Morgan fingerprint density at radius 3 is 2.65 bits per heavy atom. The van der Waals surface area contributed by atoms with Gasteiger partial charge in [0.05, 0.1) is 0 Å². The highest BCUT2D eigenvalue weighted by Gasteiger charge is 2.28. The normalized spacial score (nSPS) is 22.2. The lowest BCUT2D eigenvalue weighted by Crippen LogP contribution is -2.30. The number of hydrazine groups is 1. The van der Waals surface area contributed by atoms with Gasteiger partial charge in [-0.1, -0.05) is 6.92 Å². The van der Waals surface area contributed by atoms with E-state index in [4.69, 9.17) is 5.84 Å². The number of anilines is 2. The summed E-state index contributed by atoms with van der Waals surface area (Å²) in [5.74, 6) is 7.51. The predicted molar refractivity (Wildman–Crippen MR) is 75.3 cm³/mol. The number of nitrogen functional groups attached to an aromatic ring is 1. The van der Waals surface area contributed by atoms with Crippen LogP contribution >= 0.6 is 0 Å². The van der Waals surface area contributed by atoms with E-state index >= 15 is 0 Å². The molecule has 3 rings (SSSR count). The first-order chi connectivity index (χ1) is 9.67. The number of nitrogens with two attached hydrogens (primary N) is 1. The van der Waals surface area contributed by atoms with Gasteiger partial charge in [-0.3, -0.25) is 5.43 Å². The fraction of sp³-hybridized carbons (Fsp3) is 0.500. The molecule has 0 radical (unpaired) electrons. The van der Waals surface area contributed by atoms with Gasteiger partial charge in [-0.15, -0.1) is 0 Å². The highest BCUT2D eigenvalue weighted by Crippen LogP contribution is 2.26. The molecule has 0 aliphatic carbocycles. The van der Waals surface area contributed by atoms with Crippen molar-refractivity contribution >= 4 is 11.9 Å². The van der Waals surface area contributed by atoms with Crippen LogP contribution in [0.1, 0.15) is 20.3 Å². The molecule has 8 heteroatoms. The monoisotopic (exact) mass is 274 g/mol. The lowest BCUT2D eigenvalue weighted by Gasteiger charge is -2.21. The minimum absolute atomic E-state index is 0.340. The van der Waals surface area contributed by atoms with Crippen LogP contribution in [0.4, 0.5) is 11.9 Å². The molecular formula is C12H18N8. The second kappa shape index (κ2) is 5.04. The van der Waals surface area contributed by atoms with Gasteiger partial charge < -0.3 is 4.90 Å². The maximum atomic E-state index is 5.45. The zero-order chi connectivity index (χ0) is 14.1. The van der Waals surface area contributed by atoms with Gasteiger partial charge in [-0.05, 0) is 25.3 Å². The SMILES string of the molecule is CC1CC(C)N(c2nc(NN)nc(-n3cccn3)n2)C1. The van der Waals surface area contributed by atoms with Gasteiger partial charge in [-0.2, -0.15) is 20.1 Å². The van der Waals surface area contributed by atoms with Crippen molar-refractivity contribution in [3.8, 4) is 5.95 Å². The average molecular weight is 274 g/mol. The molecule has 0 bridgehead atoms. The van der Waals surface area contributed by atoms with Crippen LogP contribution < -0.4 is 16.2 Å². The zero-order valence-corrected chi connectivity index (χ0v) is 11.6. The molecule has 0 spiro atoms. The first-order valence-corrected chi connectivity index (χ1v) is 6.66. The van der Waals surface area contributed by atoms with Crippen LogP contribution in [0.3, 0.4) is 0 Å². The van der Waals surface area contributed by atoms with Gasteiger partial charge in [0, 0.05) is 25.0 Å². The molecule has 3 heterocycles. The molecular weight excluding hydrogens is 256 g/mol. The van der Waals surface area contributed by atoms with E-state index in [2.05, 4.69) is 44.2 Å². The van der Waals surface area contributed by atoms with Crippen LogP contribution in [0.2, 0.25) is 0 Å². The summed E-state index contributed by atoms with van der Waals surface area (Å²) in [5.41, 5.74) is 2.49. The summed E-state index contributed by atoms with van der Waals surface area (Å²) in [7, 11) is 0. The summed E-state index contributed by atoms with van der Waals surface area (Å²) >= 11 is 0. The van der Waals surface area contributed by atoms with E-state index in [0.717, 1.165) is 13.0 Å². The first-order valence-electron chi connectivity index (χ1n) is 6.66. The largest absolute Gasteiger partial charge is 0.338 e. The molecule has 1 aliphatic heterocycles.